The van der Waals surface area contributed by atoms with Crippen LogP contribution in [-0.4, -0.2) is 34.5 Å². The molecule has 0 aromatic carbocycles. The molecule has 4 unspecified atom stereocenters. The molecule has 0 aliphatic carbocycles. The van der Waals surface area contributed by atoms with E-state index >= 15 is 0 Å². The normalized spacial score (nSPS) is 21.5. The Morgan fingerprint density at radius 3 is 2.57 bits per heavy atom. The number of allylic oxidation sites excluding steroid dienone is 8. The van der Waals surface area contributed by atoms with E-state index in [9.17, 15) is 15.0 Å². The number of esters is 1. The summed E-state index contributed by atoms with van der Waals surface area (Å²) in [7, 11) is 0. The third kappa shape index (κ3) is 13.9. The van der Waals surface area contributed by atoms with Gasteiger partial charge in [0.25, 0.3) is 0 Å². The Morgan fingerprint density at radius 1 is 1.09 bits per heavy atom. The first-order chi connectivity index (χ1) is 16.7. The van der Waals surface area contributed by atoms with Crippen molar-refractivity contribution in [3.05, 3.63) is 84.1 Å². The molecule has 2 N–H and O–H groups in total. The average molecular weight is 483 g/mol. The number of hydrogen-bond acceptors (Lipinski definition) is 4. The van der Waals surface area contributed by atoms with Crippen molar-refractivity contribution in [2.75, 3.05) is 0 Å². The van der Waals surface area contributed by atoms with Gasteiger partial charge in [-0.15, -0.1) is 0 Å². The zero-order valence-corrected chi connectivity index (χ0v) is 22.2. The number of carbonyl (C=O) groups excluding carboxylic acids is 1. The molecule has 4 heteroatoms. The largest absolute Gasteiger partial charge is 0.458 e. The Kier molecular flexibility index (Phi) is 15.7. The molecule has 0 aromatic heterocycles. The van der Waals surface area contributed by atoms with Gasteiger partial charge in [0.2, 0.25) is 0 Å². The summed E-state index contributed by atoms with van der Waals surface area (Å²) < 4.78 is 5.40. The summed E-state index contributed by atoms with van der Waals surface area (Å²) >= 11 is 0. The van der Waals surface area contributed by atoms with E-state index in [1.54, 1.807) is 12.2 Å². The van der Waals surface area contributed by atoms with Crippen molar-refractivity contribution in [2.45, 2.75) is 97.4 Å². The molecule has 0 amide bonds. The topological polar surface area (TPSA) is 66.8 Å². The zero-order chi connectivity index (χ0) is 26.1. The summed E-state index contributed by atoms with van der Waals surface area (Å²) in [5, 5.41) is 20.4. The van der Waals surface area contributed by atoms with Gasteiger partial charge in [0.15, 0.2) is 0 Å². The molecule has 0 saturated heterocycles. The molecule has 0 bridgehead atoms. The maximum Gasteiger partial charge on any atom is 0.331 e. The first-order valence-corrected chi connectivity index (χ1v) is 12.9. The molecule has 4 atom stereocenters. The second kappa shape index (κ2) is 17.9. The number of carbonyl (C=O) groups is 1. The van der Waals surface area contributed by atoms with Gasteiger partial charge in [0.1, 0.15) is 6.10 Å². The SMILES string of the molecule is C=CC=C(C)CCC(O)CC=CC=C(C)C(O)CCCCC=CC=CCC1OC(=O)C=C(C)C1C. The van der Waals surface area contributed by atoms with Gasteiger partial charge in [-0.2, -0.15) is 0 Å². The minimum atomic E-state index is -0.433. The molecule has 1 rings (SSSR count). The third-order valence-corrected chi connectivity index (χ3v) is 6.44. The van der Waals surface area contributed by atoms with Gasteiger partial charge in [0, 0.05) is 18.4 Å². The first-order valence-electron chi connectivity index (χ1n) is 12.9. The molecule has 35 heavy (non-hydrogen) atoms. The van der Waals surface area contributed by atoms with Crippen molar-refractivity contribution in [1.82, 2.24) is 0 Å². The van der Waals surface area contributed by atoms with Crippen molar-refractivity contribution in [1.29, 1.82) is 0 Å². The Morgan fingerprint density at radius 2 is 1.83 bits per heavy atom. The molecule has 1 heterocycles. The van der Waals surface area contributed by atoms with E-state index in [0.29, 0.717) is 6.42 Å². The lowest BCUT2D eigenvalue weighted by molar-refractivity contribution is -0.146. The standard InChI is InChI=1S/C31H46O4/c1-6-16-24(2)21-22-28(32)18-15-14-17-25(3)29(33)19-12-10-8-7-9-11-13-20-30-27(5)26(4)23-31(34)35-30/h6-7,9,11,13-17,23,27-30,32-33H,1,8,10,12,18-22H2,2-5H3. The van der Waals surface area contributed by atoms with Crippen molar-refractivity contribution >= 4 is 5.97 Å². The van der Waals surface area contributed by atoms with E-state index in [2.05, 4.69) is 25.7 Å². The number of ether oxygens (including phenoxy) is 1. The molecule has 0 fully saturated rings. The first kappa shape index (κ1) is 30.6. The molecule has 0 saturated carbocycles. The minimum Gasteiger partial charge on any atom is -0.458 e. The van der Waals surface area contributed by atoms with Crippen LogP contribution in [-0.2, 0) is 9.53 Å². The molecule has 4 nitrogen and oxygen atoms in total. The predicted octanol–water partition coefficient (Wildman–Crippen LogP) is 7.08. The number of cyclic esters (lactones) is 1. The van der Waals surface area contributed by atoms with Crippen LogP contribution in [0.15, 0.2) is 84.1 Å². The van der Waals surface area contributed by atoms with Crippen LogP contribution in [0.25, 0.3) is 0 Å². The highest BCUT2D eigenvalue weighted by atomic mass is 16.5. The summed E-state index contributed by atoms with van der Waals surface area (Å²) in [5.74, 6) is 0.0156. The second-order valence-corrected chi connectivity index (χ2v) is 9.56. The zero-order valence-electron chi connectivity index (χ0n) is 22.2. The summed E-state index contributed by atoms with van der Waals surface area (Å²) in [4.78, 5) is 11.5. The average Bonchev–Trinajstić information content (AvgIpc) is 2.82. The van der Waals surface area contributed by atoms with Crippen molar-refractivity contribution in [3.8, 4) is 0 Å². The van der Waals surface area contributed by atoms with Gasteiger partial charge in [-0.05, 0) is 64.9 Å². The fourth-order valence-corrected chi connectivity index (χ4v) is 3.80. The number of aliphatic hydroxyl groups is 2. The van der Waals surface area contributed by atoms with Gasteiger partial charge in [-0.3, -0.25) is 0 Å². The van der Waals surface area contributed by atoms with Crippen molar-refractivity contribution < 1.29 is 19.7 Å². The quantitative estimate of drug-likeness (QED) is 0.140. The smallest absolute Gasteiger partial charge is 0.331 e. The fraction of sp³-hybridized carbons (Fsp3) is 0.516. The van der Waals surface area contributed by atoms with E-state index in [4.69, 9.17) is 4.74 Å². The minimum absolute atomic E-state index is 0.0797. The van der Waals surface area contributed by atoms with Crippen molar-refractivity contribution in [3.63, 3.8) is 0 Å². The monoisotopic (exact) mass is 482 g/mol. The molecule has 194 valence electrons. The highest BCUT2D eigenvalue weighted by Gasteiger charge is 2.25. The van der Waals surface area contributed by atoms with E-state index in [0.717, 1.165) is 56.1 Å². The number of unbranched alkanes of at least 4 members (excludes halogenated alkanes) is 2. The molecular weight excluding hydrogens is 436 g/mol. The van der Waals surface area contributed by atoms with Crippen LogP contribution >= 0.6 is 0 Å². The molecule has 1 aliphatic rings. The van der Waals surface area contributed by atoms with E-state index in [1.807, 2.05) is 57.2 Å². The summed E-state index contributed by atoms with van der Waals surface area (Å²) in [6.07, 6.45) is 25.2. The molecule has 0 aromatic rings. The van der Waals surface area contributed by atoms with Crippen molar-refractivity contribution in [2.24, 2.45) is 5.92 Å². The molecular formula is C31H46O4. The Labute approximate surface area is 213 Å². The molecule has 1 aliphatic heterocycles. The number of hydrogen-bond donors (Lipinski definition) is 2. The highest BCUT2D eigenvalue weighted by Crippen LogP contribution is 2.24. The van der Waals surface area contributed by atoms with Gasteiger partial charge in [-0.25, -0.2) is 4.79 Å². The molecule has 0 radical (unpaired) electrons. The summed E-state index contributed by atoms with van der Waals surface area (Å²) in [5.41, 5.74) is 3.25. The highest BCUT2D eigenvalue weighted by molar-refractivity contribution is 5.84. The second-order valence-electron chi connectivity index (χ2n) is 9.56. The lowest BCUT2D eigenvalue weighted by Crippen LogP contribution is -2.29. The van der Waals surface area contributed by atoms with Crippen LogP contribution in [0.3, 0.4) is 0 Å². The van der Waals surface area contributed by atoms with E-state index in [1.165, 1.54) is 5.57 Å². The van der Waals surface area contributed by atoms with E-state index in [-0.39, 0.29) is 24.1 Å². The van der Waals surface area contributed by atoms with Gasteiger partial charge in [0.05, 0.1) is 12.2 Å². The fourth-order valence-electron chi connectivity index (χ4n) is 3.80. The van der Waals surface area contributed by atoms with Crippen LogP contribution < -0.4 is 0 Å². The number of aliphatic hydroxyl groups excluding tert-OH is 2. The number of rotatable bonds is 16. The van der Waals surface area contributed by atoms with Crippen LogP contribution in [0.1, 0.15) is 79.1 Å². The lowest BCUT2D eigenvalue weighted by Gasteiger charge is -2.27. The summed E-state index contributed by atoms with van der Waals surface area (Å²) in [6.45, 7) is 11.7. The van der Waals surface area contributed by atoms with Crippen LogP contribution in [0.5, 0.6) is 0 Å². The predicted molar refractivity (Wildman–Crippen MR) is 147 cm³/mol. The van der Waals surface area contributed by atoms with Crippen LogP contribution in [0.2, 0.25) is 0 Å². The lowest BCUT2D eigenvalue weighted by atomic mass is 9.92. The summed E-state index contributed by atoms with van der Waals surface area (Å²) in [6, 6.07) is 0. The Balaban J connectivity index is 2.19. The Bertz CT molecular complexity index is 825. The van der Waals surface area contributed by atoms with Gasteiger partial charge < -0.3 is 14.9 Å². The molecule has 0 spiro atoms. The maximum atomic E-state index is 11.5. The maximum absolute atomic E-state index is 11.5. The van der Waals surface area contributed by atoms with E-state index < -0.39 is 6.10 Å². The van der Waals surface area contributed by atoms with Crippen LogP contribution in [0.4, 0.5) is 0 Å². The third-order valence-electron chi connectivity index (χ3n) is 6.44. The van der Waals surface area contributed by atoms with Gasteiger partial charge in [-0.1, -0.05) is 85.8 Å². The Hall–Kier alpha value is -2.43. The van der Waals surface area contributed by atoms with Crippen LogP contribution in [0, 0.1) is 5.92 Å². The van der Waals surface area contributed by atoms with Gasteiger partial charge >= 0.3 is 5.97 Å².